The van der Waals surface area contributed by atoms with E-state index in [1.165, 1.54) is 25.7 Å². The molecule has 578 valence electrons. The summed E-state index contributed by atoms with van der Waals surface area (Å²) in [5.74, 6) is -6.23. The Labute approximate surface area is 608 Å². The average Bonchev–Trinajstić information content (AvgIpc) is 1.09. The van der Waals surface area contributed by atoms with Gasteiger partial charge in [-0.1, -0.05) is 92.8 Å². The third kappa shape index (κ3) is 35.9. The standard InChI is InChI=1S/C18H26N2O3.C15H23N3O5.2C11H20N2O3.C10H13NO2.C9H17NO2/c1-14-7-6-8-15(2)20(14)12-17(21)19-11-18(22)23-13-16-9-4-3-5-10-16;1-10-4-3-5-11(2)17(10)9-12(19)16-8-15(22)23-18-13(20)6-7-14(18)21;2*1-8-4-3-5-9(2)13(8)7-10(14)12-6-11(15)16;1-8(11)10(12)13-7-9-5-3-2-4-6-9;1-7-4-3-5-8(2)10(7)6-9(11)12/h3-5,9-10,14-15H,6-8,11-13H2,1-2H3,(H,19,21);10-11H,3-9H2,1-2H3,(H,16,19);2*8-9H,3-7H2,1-2H3,(H,12,14)(H,15,16);2-6,8H,7,11H2,1H3;7-8H,3-6H2,1-2H3,(H,11,12). The molecule has 0 saturated carbocycles. The molecule has 0 spiro atoms. The van der Waals surface area contributed by atoms with Crippen molar-refractivity contribution in [3.63, 3.8) is 0 Å². The molecule has 11 unspecified atom stereocenters. The first-order chi connectivity index (χ1) is 48.8. The zero-order valence-electron chi connectivity index (χ0n) is 62.6. The van der Waals surface area contributed by atoms with Gasteiger partial charge >= 0.3 is 35.8 Å². The van der Waals surface area contributed by atoms with Crippen LogP contribution in [0.2, 0.25) is 0 Å². The third-order valence-electron chi connectivity index (χ3n) is 19.3. The van der Waals surface area contributed by atoms with Gasteiger partial charge in [0.2, 0.25) is 23.6 Å². The Kier molecular flexibility index (Phi) is 41.7. The summed E-state index contributed by atoms with van der Waals surface area (Å²) >= 11 is 0. The highest BCUT2D eigenvalue weighted by Gasteiger charge is 2.34. The van der Waals surface area contributed by atoms with Crippen molar-refractivity contribution in [2.24, 2.45) is 5.73 Å². The van der Waals surface area contributed by atoms with Gasteiger partial charge in [-0.2, -0.15) is 0 Å². The molecule has 0 bridgehead atoms. The number of nitrogens with zero attached hydrogens (tertiary/aromatic N) is 6. The number of nitrogens with one attached hydrogen (secondary N) is 4. The number of benzene rings is 2. The average molecular weight is 1450 g/mol. The molecule has 0 aliphatic carbocycles. The number of ether oxygens (including phenoxy) is 2. The van der Waals surface area contributed by atoms with Crippen LogP contribution in [0.3, 0.4) is 0 Å². The summed E-state index contributed by atoms with van der Waals surface area (Å²) < 4.78 is 10.1. The van der Waals surface area contributed by atoms with Crippen molar-refractivity contribution in [2.75, 3.05) is 58.9 Å². The minimum Gasteiger partial charge on any atom is -0.480 e. The summed E-state index contributed by atoms with van der Waals surface area (Å²) in [6.07, 6.45) is 17.2. The Morgan fingerprint density at radius 3 is 0.932 bits per heavy atom. The van der Waals surface area contributed by atoms with Gasteiger partial charge in [0.05, 0.1) is 32.7 Å². The number of carboxylic acids is 3. The molecule has 2 aromatic rings. The number of hydrogen-bond acceptors (Lipinski definition) is 21. The smallest absolute Gasteiger partial charge is 0.352 e. The second-order valence-electron chi connectivity index (χ2n) is 27.9. The van der Waals surface area contributed by atoms with Crippen molar-refractivity contribution in [2.45, 2.75) is 265 Å². The number of carbonyl (C=O) groups excluding carboxylic acids is 9. The monoisotopic (exact) mass is 1450 g/mol. The molecule has 6 fully saturated rings. The maximum absolute atomic E-state index is 12.0. The highest BCUT2D eigenvalue weighted by atomic mass is 16.7. The molecule has 9 N–H and O–H groups in total. The number of carbonyl (C=O) groups is 12. The summed E-state index contributed by atoms with van der Waals surface area (Å²) in [5, 5.41) is 35.9. The number of esters is 2. The van der Waals surface area contributed by atoms with E-state index in [-0.39, 0.29) is 88.3 Å². The van der Waals surface area contributed by atoms with Crippen LogP contribution in [-0.2, 0) is 85.1 Å². The highest BCUT2D eigenvalue weighted by Crippen LogP contribution is 2.26. The van der Waals surface area contributed by atoms with Crippen molar-refractivity contribution in [1.29, 1.82) is 0 Å². The molecule has 103 heavy (non-hydrogen) atoms. The molecule has 6 amide bonds. The van der Waals surface area contributed by atoms with Gasteiger partial charge in [-0.25, -0.2) is 4.79 Å². The van der Waals surface area contributed by atoms with Gasteiger partial charge in [-0.3, -0.25) is 77.2 Å². The van der Waals surface area contributed by atoms with Crippen LogP contribution >= 0.6 is 0 Å². The van der Waals surface area contributed by atoms with E-state index in [2.05, 4.69) is 120 Å². The largest absolute Gasteiger partial charge is 0.480 e. The van der Waals surface area contributed by atoms with E-state index in [4.69, 9.17) is 30.5 Å². The van der Waals surface area contributed by atoms with Crippen LogP contribution in [0, 0.1) is 0 Å². The Bertz CT molecular complexity index is 2860. The SMILES string of the molecule is CC(N)C(=O)OCc1ccccc1.CC1CCCC(C)N1CC(=O)NCC(=O)O.CC1CCCC(C)N1CC(=O)NCC(=O)O.CC1CCCC(C)N1CC(=O)NCC(=O)OCc1ccccc1.CC1CCCC(C)N1CC(=O)NCC(=O)ON1C(=O)CCC1=O.CC1CCCC(C)N1CC(=O)O. The van der Waals surface area contributed by atoms with E-state index in [9.17, 15) is 57.5 Å². The van der Waals surface area contributed by atoms with Crippen LogP contribution in [0.5, 0.6) is 0 Å². The lowest BCUT2D eigenvalue weighted by molar-refractivity contribution is -0.196. The summed E-state index contributed by atoms with van der Waals surface area (Å²) in [7, 11) is 0. The Balaban J connectivity index is 0.000000327. The number of hydrogen-bond donors (Lipinski definition) is 8. The van der Waals surface area contributed by atoms with Crippen molar-refractivity contribution in [1.82, 2.24) is 50.8 Å². The topological polar surface area (TPSA) is 387 Å². The van der Waals surface area contributed by atoms with E-state index >= 15 is 0 Å². The van der Waals surface area contributed by atoms with Crippen molar-refractivity contribution in [3.8, 4) is 0 Å². The fourth-order valence-corrected chi connectivity index (χ4v) is 13.1. The van der Waals surface area contributed by atoms with Crippen LogP contribution in [0.15, 0.2) is 60.7 Å². The van der Waals surface area contributed by atoms with Crippen molar-refractivity contribution < 1.29 is 87.2 Å². The number of hydroxylamine groups is 2. The number of imide groups is 1. The Morgan fingerprint density at radius 2 is 0.660 bits per heavy atom. The van der Waals surface area contributed by atoms with Gasteiger partial charge in [0.15, 0.2) is 0 Å². The van der Waals surface area contributed by atoms with E-state index < -0.39 is 47.7 Å². The predicted octanol–water partition coefficient (Wildman–Crippen LogP) is 5.39. The number of likely N-dealkylation sites (tertiary alicyclic amines) is 5. The molecular weight excluding hydrogens is 1330 g/mol. The number of carboxylic acid groups (broad SMARTS) is 3. The van der Waals surface area contributed by atoms with Gasteiger partial charge < -0.3 is 56.6 Å². The molecule has 29 nitrogen and oxygen atoms in total. The maximum atomic E-state index is 12.0. The fourth-order valence-electron chi connectivity index (χ4n) is 13.1. The molecule has 29 heteroatoms. The van der Waals surface area contributed by atoms with Crippen LogP contribution in [-0.4, -0.2) is 242 Å². The number of nitrogens with two attached hydrogens (primary N) is 1. The van der Waals surface area contributed by atoms with Crippen LogP contribution < -0.4 is 27.0 Å². The van der Waals surface area contributed by atoms with Crippen LogP contribution in [0.25, 0.3) is 0 Å². The van der Waals surface area contributed by atoms with Gasteiger partial charge in [-0.15, -0.1) is 5.06 Å². The number of rotatable bonds is 24. The second kappa shape index (κ2) is 48.1. The number of piperidine rings is 5. The van der Waals surface area contributed by atoms with Gasteiger partial charge in [0, 0.05) is 73.3 Å². The van der Waals surface area contributed by atoms with E-state index in [1.54, 1.807) is 6.92 Å². The lowest BCUT2D eigenvalue weighted by atomic mass is 9.97. The molecule has 2 aromatic carbocycles. The van der Waals surface area contributed by atoms with Gasteiger partial charge in [0.25, 0.3) is 11.8 Å². The van der Waals surface area contributed by atoms with E-state index in [0.717, 1.165) is 81.8 Å². The van der Waals surface area contributed by atoms with Crippen molar-refractivity contribution in [3.05, 3.63) is 71.8 Å². The first kappa shape index (κ1) is 89.3. The second-order valence-corrected chi connectivity index (χ2v) is 27.9. The molecule has 6 aliphatic heterocycles. The zero-order chi connectivity index (χ0) is 76.7. The molecule has 11 atom stereocenters. The lowest BCUT2D eigenvalue weighted by Crippen LogP contribution is -2.49. The minimum atomic E-state index is -1.01. The van der Waals surface area contributed by atoms with E-state index in [1.807, 2.05) is 60.7 Å². The van der Waals surface area contributed by atoms with Gasteiger partial charge in [0.1, 0.15) is 45.4 Å². The molecule has 0 aromatic heterocycles. The van der Waals surface area contributed by atoms with Gasteiger partial charge in [-0.05, 0) is 151 Å². The first-order valence-electron chi connectivity index (χ1n) is 36.5. The molecular formula is C74H119N11O18. The minimum absolute atomic E-state index is 0.0449. The molecule has 6 saturated heterocycles. The zero-order valence-corrected chi connectivity index (χ0v) is 62.6. The van der Waals surface area contributed by atoms with Crippen LogP contribution in [0.4, 0.5) is 0 Å². The first-order valence-corrected chi connectivity index (χ1v) is 36.5. The predicted molar refractivity (Wildman–Crippen MR) is 386 cm³/mol. The molecule has 0 radical (unpaired) electrons. The summed E-state index contributed by atoms with van der Waals surface area (Å²) in [6, 6.07) is 22.4. The summed E-state index contributed by atoms with van der Waals surface area (Å²) in [4.78, 5) is 150. The quantitative estimate of drug-likeness (QED) is 0.0482. The maximum Gasteiger partial charge on any atom is 0.352 e. The van der Waals surface area contributed by atoms with E-state index in [0.29, 0.717) is 91.7 Å². The van der Waals surface area contributed by atoms with Crippen LogP contribution in [0.1, 0.15) is 196 Å². The normalized spacial score (nSPS) is 24.0. The van der Waals surface area contributed by atoms with Crippen molar-refractivity contribution >= 4 is 71.3 Å². The molecule has 6 aliphatic rings. The third-order valence-corrected chi connectivity index (χ3v) is 19.3. The highest BCUT2D eigenvalue weighted by molar-refractivity contribution is 6.01. The summed E-state index contributed by atoms with van der Waals surface area (Å²) in [5.41, 5.74) is 7.23. The number of amides is 6. The molecule has 6 heterocycles. The Hall–Kier alpha value is -7.96. The lowest BCUT2D eigenvalue weighted by Gasteiger charge is -2.38. The number of aliphatic carboxylic acids is 3. The summed E-state index contributed by atoms with van der Waals surface area (Å²) in [6.45, 7) is 23.6. The molecule has 8 rings (SSSR count). The fraction of sp³-hybridized carbons (Fsp3) is 0.676. The Morgan fingerprint density at radius 1 is 0.398 bits per heavy atom.